The molecule has 0 aromatic heterocycles. The van der Waals surface area contributed by atoms with Crippen LogP contribution in [0, 0.1) is 5.41 Å². The molecule has 3 N–H and O–H groups in total. The van der Waals surface area contributed by atoms with E-state index < -0.39 is 23.3 Å². The van der Waals surface area contributed by atoms with Crippen molar-refractivity contribution in [2.24, 2.45) is 5.41 Å². The molecule has 0 fully saturated rings. The van der Waals surface area contributed by atoms with E-state index in [0.29, 0.717) is 0 Å². The molecule has 0 saturated carbocycles. The van der Waals surface area contributed by atoms with Gasteiger partial charge in [0.1, 0.15) is 6.04 Å². The first kappa shape index (κ1) is 15.2. The van der Waals surface area contributed by atoms with Gasteiger partial charge in [0.05, 0.1) is 0 Å². The smallest absolute Gasteiger partial charge is 0.328 e. The van der Waals surface area contributed by atoms with Crippen LogP contribution in [-0.2, 0) is 14.4 Å². The van der Waals surface area contributed by atoms with Crippen LogP contribution in [0.2, 0.25) is 0 Å². The molecule has 0 bridgehead atoms. The normalized spacial score (nSPS) is 13.2. The fourth-order valence-corrected chi connectivity index (χ4v) is 1.16. The lowest BCUT2D eigenvalue weighted by molar-refractivity contribution is -0.131. The molecular formula is C11H18N2O4. The van der Waals surface area contributed by atoms with Gasteiger partial charge in [0.15, 0.2) is 0 Å². The fourth-order valence-electron chi connectivity index (χ4n) is 1.16. The first-order valence-electron chi connectivity index (χ1n) is 5.11. The van der Waals surface area contributed by atoms with Gasteiger partial charge in [-0.05, 0) is 5.41 Å². The molecule has 0 aliphatic carbocycles. The van der Waals surface area contributed by atoms with Gasteiger partial charge in [0.2, 0.25) is 11.8 Å². The number of nitrogens with one attached hydrogen (secondary N) is 2. The van der Waals surface area contributed by atoms with Crippen LogP contribution in [0.3, 0.4) is 0 Å². The third kappa shape index (κ3) is 5.70. The van der Waals surface area contributed by atoms with Crippen molar-refractivity contribution in [3.8, 4) is 0 Å². The lowest BCUT2D eigenvalue weighted by Crippen LogP contribution is -2.52. The molecule has 0 heterocycles. The number of hydrogen-bond acceptors (Lipinski definition) is 3. The van der Waals surface area contributed by atoms with Crippen LogP contribution in [0.15, 0.2) is 12.2 Å². The second-order valence-electron chi connectivity index (χ2n) is 4.59. The molecule has 6 heteroatoms. The SMILES string of the molecule is CNC(=O)C(NC(=O)C=CC(=O)O)C(C)(C)C. The topological polar surface area (TPSA) is 95.5 Å². The monoisotopic (exact) mass is 242 g/mol. The van der Waals surface area contributed by atoms with Crippen molar-refractivity contribution in [1.82, 2.24) is 10.6 Å². The Hall–Kier alpha value is -1.85. The van der Waals surface area contributed by atoms with Crippen molar-refractivity contribution >= 4 is 17.8 Å². The lowest BCUT2D eigenvalue weighted by Gasteiger charge is -2.29. The van der Waals surface area contributed by atoms with Crippen LogP contribution in [-0.4, -0.2) is 36.0 Å². The highest BCUT2D eigenvalue weighted by atomic mass is 16.4. The molecule has 0 rings (SSSR count). The van der Waals surface area contributed by atoms with E-state index in [1.165, 1.54) is 7.05 Å². The Labute approximate surface area is 100 Å². The van der Waals surface area contributed by atoms with Crippen molar-refractivity contribution in [3.05, 3.63) is 12.2 Å². The molecule has 96 valence electrons. The number of carbonyl (C=O) groups excluding carboxylic acids is 2. The summed E-state index contributed by atoms with van der Waals surface area (Å²) in [7, 11) is 1.47. The highest BCUT2D eigenvalue weighted by Gasteiger charge is 2.31. The Morgan fingerprint density at radius 3 is 2.06 bits per heavy atom. The van der Waals surface area contributed by atoms with Crippen molar-refractivity contribution < 1.29 is 19.5 Å². The Balaban J connectivity index is 4.72. The highest BCUT2D eigenvalue weighted by molar-refractivity contribution is 5.96. The fraction of sp³-hybridized carbons (Fsp3) is 0.545. The summed E-state index contributed by atoms with van der Waals surface area (Å²) < 4.78 is 0. The Morgan fingerprint density at radius 2 is 1.71 bits per heavy atom. The molecule has 1 atom stereocenters. The van der Waals surface area contributed by atoms with Gasteiger partial charge >= 0.3 is 5.97 Å². The number of aliphatic carboxylic acids is 1. The summed E-state index contributed by atoms with van der Waals surface area (Å²) in [4.78, 5) is 33.2. The maximum atomic E-state index is 11.6. The summed E-state index contributed by atoms with van der Waals surface area (Å²) in [5.74, 6) is -2.15. The van der Waals surface area contributed by atoms with Crippen LogP contribution < -0.4 is 10.6 Å². The average molecular weight is 242 g/mol. The van der Waals surface area contributed by atoms with Crippen molar-refractivity contribution in [3.63, 3.8) is 0 Å². The molecule has 0 radical (unpaired) electrons. The van der Waals surface area contributed by atoms with Gasteiger partial charge in [-0.1, -0.05) is 20.8 Å². The molecular weight excluding hydrogens is 224 g/mol. The van der Waals surface area contributed by atoms with Gasteiger partial charge in [0.25, 0.3) is 0 Å². The van der Waals surface area contributed by atoms with Crippen molar-refractivity contribution in [1.29, 1.82) is 0 Å². The second kappa shape index (κ2) is 6.03. The standard InChI is InChI=1S/C11H18N2O4/c1-11(2,3)9(10(17)12-4)13-7(14)5-6-8(15)16/h5-6,9H,1-4H3,(H,12,17)(H,13,14)(H,15,16). The lowest BCUT2D eigenvalue weighted by atomic mass is 9.86. The van der Waals surface area contributed by atoms with E-state index in [4.69, 9.17) is 5.11 Å². The number of carboxylic acids is 1. The number of hydrogen-bond donors (Lipinski definition) is 3. The highest BCUT2D eigenvalue weighted by Crippen LogP contribution is 2.19. The molecule has 6 nitrogen and oxygen atoms in total. The maximum absolute atomic E-state index is 11.6. The third-order valence-electron chi connectivity index (χ3n) is 2.04. The largest absolute Gasteiger partial charge is 0.478 e. The van der Waals surface area contributed by atoms with Gasteiger partial charge < -0.3 is 15.7 Å². The zero-order valence-electron chi connectivity index (χ0n) is 10.4. The van der Waals surface area contributed by atoms with E-state index in [2.05, 4.69) is 10.6 Å². The number of likely N-dealkylation sites (N-methyl/N-ethyl adjacent to an activating group) is 1. The van der Waals surface area contributed by atoms with Gasteiger partial charge in [0, 0.05) is 19.2 Å². The summed E-state index contributed by atoms with van der Waals surface area (Å²) in [6.45, 7) is 5.40. The van der Waals surface area contributed by atoms with Crippen LogP contribution in [0.1, 0.15) is 20.8 Å². The molecule has 0 spiro atoms. The van der Waals surface area contributed by atoms with Crippen LogP contribution >= 0.6 is 0 Å². The van der Waals surface area contributed by atoms with E-state index in [9.17, 15) is 14.4 Å². The number of rotatable bonds is 4. The minimum absolute atomic E-state index is 0.324. The Morgan fingerprint density at radius 1 is 1.18 bits per heavy atom. The summed E-state index contributed by atoms with van der Waals surface area (Å²) in [5.41, 5.74) is -0.465. The molecule has 0 aliphatic rings. The first-order chi connectivity index (χ1) is 7.68. The van der Waals surface area contributed by atoms with Gasteiger partial charge in [-0.15, -0.1) is 0 Å². The average Bonchev–Trinajstić information content (AvgIpc) is 2.20. The van der Waals surface area contributed by atoms with Crippen LogP contribution in [0.5, 0.6) is 0 Å². The Bertz CT molecular complexity index is 342. The maximum Gasteiger partial charge on any atom is 0.328 e. The molecule has 1 unspecified atom stereocenters. The van der Waals surface area contributed by atoms with Gasteiger partial charge in [-0.2, -0.15) is 0 Å². The zero-order valence-corrected chi connectivity index (χ0v) is 10.4. The van der Waals surface area contributed by atoms with Gasteiger partial charge in [-0.25, -0.2) is 4.79 Å². The minimum Gasteiger partial charge on any atom is -0.478 e. The quantitative estimate of drug-likeness (QED) is 0.600. The zero-order chi connectivity index (χ0) is 13.6. The van der Waals surface area contributed by atoms with Gasteiger partial charge in [-0.3, -0.25) is 9.59 Å². The van der Waals surface area contributed by atoms with Crippen LogP contribution in [0.4, 0.5) is 0 Å². The Kier molecular flexibility index (Phi) is 5.37. The van der Waals surface area contributed by atoms with E-state index in [1.54, 1.807) is 20.8 Å². The van der Waals surface area contributed by atoms with Crippen LogP contribution in [0.25, 0.3) is 0 Å². The summed E-state index contributed by atoms with van der Waals surface area (Å²) in [6, 6.07) is -0.724. The number of amides is 2. The summed E-state index contributed by atoms with van der Waals surface area (Å²) in [6.07, 6.45) is 1.60. The molecule has 0 aromatic rings. The molecule has 0 aromatic carbocycles. The van der Waals surface area contributed by atoms with E-state index in [0.717, 1.165) is 12.2 Å². The predicted molar refractivity (Wildman–Crippen MR) is 62.2 cm³/mol. The number of carboxylic acid groups (broad SMARTS) is 1. The van der Waals surface area contributed by atoms with Crippen molar-refractivity contribution in [2.45, 2.75) is 26.8 Å². The second-order valence-corrected chi connectivity index (χ2v) is 4.59. The molecule has 2 amide bonds. The van der Waals surface area contributed by atoms with E-state index >= 15 is 0 Å². The predicted octanol–water partition coefficient (Wildman–Crippen LogP) is -0.0959. The molecule has 0 saturated heterocycles. The third-order valence-corrected chi connectivity index (χ3v) is 2.04. The summed E-state index contributed by atoms with van der Waals surface area (Å²) >= 11 is 0. The molecule has 17 heavy (non-hydrogen) atoms. The van der Waals surface area contributed by atoms with E-state index in [1.807, 2.05) is 0 Å². The summed E-state index contributed by atoms with van der Waals surface area (Å²) in [5, 5.41) is 13.3. The minimum atomic E-state index is -1.22. The first-order valence-corrected chi connectivity index (χ1v) is 5.11. The van der Waals surface area contributed by atoms with Crippen molar-refractivity contribution in [2.75, 3.05) is 7.05 Å². The molecule has 0 aliphatic heterocycles. The van der Waals surface area contributed by atoms with E-state index in [-0.39, 0.29) is 5.91 Å². The number of carbonyl (C=O) groups is 3.